The fourth-order valence-electron chi connectivity index (χ4n) is 6.44. The third-order valence-corrected chi connectivity index (χ3v) is 8.28. The molecule has 4 atom stereocenters. The van der Waals surface area contributed by atoms with Crippen LogP contribution in [0.3, 0.4) is 0 Å². The number of rotatable bonds is 8. The minimum Gasteiger partial charge on any atom is -0.206 e. The smallest absolute Gasteiger partial charge is 0.134 e. The van der Waals surface area contributed by atoms with E-state index in [1.165, 1.54) is 69.8 Å². The number of allylic oxidation sites excluding steroid dienone is 2. The van der Waals surface area contributed by atoms with Crippen LogP contribution in [-0.2, 0) is 6.42 Å². The van der Waals surface area contributed by atoms with E-state index in [-0.39, 0.29) is 5.82 Å². The molecule has 4 unspecified atom stereocenters. The van der Waals surface area contributed by atoms with Crippen LogP contribution in [0.5, 0.6) is 0 Å². The first-order valence-electron chi connectivity index (χ1n) is 13.0. The molecule has 0 saturated heterocycles. The second kappa shape index (κ2) is 10.8. The minimum absolute atomic E-state index is 0.0151. The summed E-state index contributed by atoms with van der Waals surface area (Å²) < 4.78 is 15.0. The van der Waals surface area contributed by atoms with Gasteiger partial charge in [-0.25, -0.2) is 4.39 Å². The van der Waals surface area contributed by atoms with Crippen LogP contribution < -0.4 is 0 Å². The van der Waals surface area contributed by atoms with Crippen LogP contribution in [0.1, 0.15) is 102 Å². The number of unbranched alkanes of at least 4 members (excludes halogenated alkanes) is 2. The van der Waals surface area contributed by atoms with Gasteiger partial charge >= 0.3 is 0 Å². The first-order chi connectivity index (χ1) is 15.2. The number of benzene rings is 2. The first-order valence-corrected chi connectivity index (χ1v) is 13.0. The molecule has 2 aliphatic rings. The highest BCUT2D eigenvalue weighted by Gasteiger charge is 2.35. The summed E-state index contributed by atoms with van der Waals surface area (Å²) in [5, 5.41) is 1.87. The second-order valence-corrected chi connectivity index (χ2v) is 10.3. The number of aryl methyl sites for hydroxylation is 1. The van der Waals surface area contributed by atoms with E-state index in [1.807, 2.05) is 19.1 Å². The summed E-state index contributed by atoms with van der Waals surface area (Å²) in [5.41, 5.74) is 2.28. The molecule has 0 radical (unpaired) electrons. The number of hydrogen-bond donors (Lipinski definition) is 0. The van der Waals surface area contributed by atoms with Crippen LogP contribution in [0.2, 0.25) is 0 Å². The van der Waals surface area contributed by atoms with Gasteiger partial charge in [-0.15, -0.1) is 0 Å². The fraction of sp³-hybridized carbons (Fsp3) is 0.600. The number of halogens is 1. The Kier molecular flexibility index (Phi) is 7.86. The van der Waals surface area contributed by atoms with Crippen LogP contribution in [-0.4, -0.2) is 0 Å². The van der Waals surface area contributed by atoms with Gasteiger partial charge in [0.25, 0.3) is 0 Å². The quantitative estimate of drug-likeness (QED) is 0.295. The zero-order valence-corrected chi connectivity index (χ0v) is 19.7. The standard InChI is InChI=1S/C30H41F/c1-3-5-7-9-22-11-12-25-20-26(15-14-24(25)19-22)27-17-18-29-28(21-27)16-13-23(30(29)31)10-8-6-4-2/h4,6,13,16-18,21-22,24-26H,3,5,7-12,14-15,19-20H2,1-2H3/b6-4+. The Bertz CT molecular complexity index is 879. The van der Waals surface area contributed by atoms with Crippen molar-refractivity contribution >= 4 is 10.8 Å². The van der Waals surface area contributed by atoms with Gasteiger partial charge in [0.15, 0.2) is 0 Å². The third-order valence-electron chi connectivity index (χ3n) is 8.28. The van der Waals surface area contributed by atoms with Gasteiger partial charge in [0.1, 0.15) is 5.82 Å². The van der Waals surface area contributed by atoms with Crippen LogP contribution in [0.25, 0.3) is 10.8 Å². The van der Waals surface area contributed by atoms with Crippen LogP contribution in [0.4, 0.5) is 4.39 Å². The maximum atomic E-state index is 15.0. The SMILES string of the molecule is C/C=C/CCc1ccc2cc(C3CCC4CC(CCCCC)CCC4C3)ccc2c1F. The van der Waals surface area contributed by atoms with Gasteiger partial charge in [-0.2, -0.15) is 0 Å². The summed E-state index contributed by atoms with van der Waals surface area (Å²) in [7, 11) is 0. The fourth-order valence-corrected chi connectivity index (χ4v) is 6.44. The lowest BCUT2D eigenvalue weighted by molar-refractivity contribution is 0.113. The van der Waals surface area contributed by atoms with Crippen molar-refractivity contribution < 1.29 is 4.39 Å². The Morgan fingerprint density at radius 1 is 0.968 bits per heavy atom. The van der Waals surface area contributed by atoms with Gasteiger partial charge in [-0.1, -0.05) is 81.5 Å². The predicted octanol–water partition coefficient (Wildman–Crippen LogP) is 9.37. The first kappa shape index (κ1) is 22.6. The van der Waals surface area contributed by atoms with Crippen molar-refractivity contribution in [2.24, 2.45) is 17.8 Å². The van der Waals surface area contributed by atoms with Gasteiger partial charge in [-0.3, -0.25) is 0 Å². The monoisotopic (exact) mass is 420 g/mol. The second-order valence-electron chi connectivity index (χ2n) is 10.3. The molecule has 2 aromatic rings. The van der Waals surface area contributed by atoms with Crippen molar-refractivity contribution in [3.63, 3.8) is 0 Å². The average molecular weight is 421 g/mol. The van der Waals surface area contributed by atoms with Crippen molar-refractivity contribution in [1.82, 2.24) is 0 Å². The molecule has 0 heterocycles. The predicted molar refractivity (Wildman–Crippen MR) is 132 cm³/mol. The van der Waals surface area contributed by atoms with Crippen LogP contribution in [0, 0.1) is 23.6 Å². The molecule has 0 spiro atoms. The minimum atomic E-state index is -0.0151. The normalized spacial score (nSPS) is 26.4. The highest BCUT2D eigenvalue weighted by Crippen LogP contribution is 2.48. The molecule has 2 aliphatic carbocycles. The van der Waals surface area contributed by atoms with E-state index in [0.29, 0.717) is 5.92 Å². The maximum Gasteiger partial charge on any atom is 0.134 e. The number of fused-ring (bicyclic) bond motifs is 2. The Hall–Kier alpha value is -1.63. The van der Waals surface area contributed by atoms with Gasteiger partial charge in [-0.05, 0) is 92.1 Å². The lowest BCUT2D eigenvalue weighted by atomic mass is 9.63. The Morgan fingerprint density at radius 2 is 1.81 bits per heavy atom. The van der Waals surface area contributed by atoms with Crippen molar-refractivity contribution in [1.29, 1.82) is 0 Å². The molecule has 0 bridgehead atoms. The molecular formula is C30H41F. The van der Waals surface area contributed by atoms with Crippen molar-refractivity contribution in [2.45, 2.75) is 96.8 Å². The van der Waals surface area contributed by atoms with E-state index in [2.05, 4.69) is 37.3 Å². The molecule has 0 aliphatic heterocycles. The molecule has 2 saturated carbocycles. The van der Waals surface area contributed by atoms with Gasteiger partial charge in [0.2, 0.25) is 0 Å². The van der Waals surface area contributed by atoms with Gasteiger partial charge in [0.05, 0.1) is 0 Å². The van der Waals surface area contributed by atoms with Crippen molar-refractivity contribution in [2.75, 3.05) is 0 Å². The molecule has 4 rings (SSSR count). The molecule has 0 amide bonds. The zero-order chi connectivity index (χ0) is 21.6. The van der Waals surface area contributed by atoms with Crippen molar-refractivity contribution in [3.05, 3.63) is 59.4 Å². The number of hydrogen-bond acceptors (Lipinski definition) is 0. The largest absolute Gasteiger partial charge is 0.206 e. The van der Waals surface area contributed by atoms with E-state index < -0.39 is 0 Å². The van der Waals surface area contributed by atoms with Crippen molar-refractivity contribution in [3.8, 4) is 0 Å². The Balaban J connectivity index is 1.40. The molecule has 31 heavy (non-hydrogen) atoms. The van der Waals surface area contributed by atoms with E-state index in [9.17, 15) is 0 Å². The highest BCUT2D eigenvalue weighted by molar-refractivity contribution is 5.84. The summed E-state index contributed by atoms with van der Waals surface area (Å²) in [6, 6.07) is 10.7. The molecule has 0 N–H and O–H groups in total. The third kappa shape index (κ3) is 5.41. The zero-order valence-electron chi connectivity index (χ0n) is 19.7. The highest BCUT2D eigenvalue weighted by atomic mass is 19.1. The summed E-state index contributed by atoms with van der Waals surface area (Å²) in [4.78, 5) is 0. The Morgan fingerprint density at radius 3 is 2.65 bits per heavy atom. The van der Waals surface area contributed by atoms with E-state index in [0.717, 1.165) is 46.9 Å². The van der Waals surface area contributed by atoms with E-state index in [4.69, 9.17) is 0 Å². The van der Waals surface area contributed by atoms with Crippen LogP contribution in [0.15, 0.2) is 42.5 Å². The molecule has 2 aromatic carbocycles. The summed E-state index contributed by atoms with van der Waals surface area (Å²) in [5.74, 6) is 3.53. The van der Waals surface area contributed by atoms with Gasteiger partial charge in [0, 0.05) is 5.39 Å². The molecular weight excluding hydrogens is 379 g/mol. The average Bonchev–Trinajstić information content (AvgIpc) is 2.80. The molecule has 0 nitrogen and oxygen atoms in total. The molecule has 1 heteroatoms. The molecule has 0 aromatic heterocycles. The maximum absolute atomic E-state index is 15.0. The lowest BCUT2D eigenvalue weighted by Gasteiger charge is -2.42. The lowest BCUT2D eigenvalue weighted by Crippen LogP contribution is -2.30. The summed E-state index contributed by atoms with van der Waals surface area (Å²) >= 11 is 0. The van der Waals surface area contributed by atoms with E-state index in [1.54, 1.807) is 0 Å². The van der Waals surface area contributed by atoms with Gasteiger partial charge < -0.3 is 0 Å². The summed E-state index contributed by atoms with van der Waals surface area (Å²) in [6.45, 7) is 4.33. The molecule has 168 valence electrons. The summed E-state index contributed by atoms with van der Waals surface area (Å²) in [6.07, 6.45) is 19.9. The topological polar surface area (TPSA) is 0 Å². The molecule has 2 fully saturated rings. The Labute approximate surface area is 189 Å². The van der Waals surface area contributed by atoms with E-state index >= 15 is 4.39 Å². The van der Waals surface area contributed by atoms with Crippen LogP contribution >= 0.6 is 0 Å².